The van der Waals surface area contributed by atoms with Crippen LogP contribution in [-0.2, 0) is 4.79 Å². The fourth-order valence-electron chi connectivity index (χ4n) is 1.19. The number of nitro benzene ring substituents is 1. The predicted molar refractivity (Wildman–Crippen MR) is 63.4 cm³/mol. The first kappa shape index (κ1) is 13.2. The Morgan fingerprint density at radius 1 is 1.53 bits per heavy atom. The van der Waals surface area contributed by atoms with E-state index >= 15 is 0 Å². The van der Waals surface area contributed by atoms with Gasteiger partial charge in [-0.15, -0.1) is 0 Å². The third kappa shape index (κ3) is 2.85. The molecule has 0 saturated heterocycles. The number of anilines is 1. The summed E-state index contributed by atoms with van der Waals surface area (Å²) in [5, 5.41) is 22.3. The van der Waals surface area contributed by atoms with Crippen LogP contribution in [0.5, 0.6) is 0 Å². The van der Waals surface area contributed by atoms with Crippen molar-refractivity contribution in [2.75, 3.05) is 5.32 Å². The van der Waals surface area contributed by atoms with E-state index in [1.807, 2.05) is 0 Å². The molecule has 0 spiro atoms. The maximum Gasteiger partial charge on any atom is 0.328 e. The first-order valence-electron chi connectivity index (χ1n) is 4.70. The molecule has 1 rings (SSSR count). The Labute approximate surface area is 102 Å². The molecular formula is C10H11ClN2O4. The molecule has 0 unspecified atom stereocenters. The molecule has 0 bridgehead atoms. The van der Waals surface area contributed by atoms with E-state index < -0.39 is 16.4 Å². The average Bonchev–Trinajstić information content (AvgIpc) is 2.15. The summed E-state index contributed by atoms with van der Waals surface area (Å²) in [5.74, 6) is -1.12. The van der Waals surface area contributed by atoms with Gasteiger partial charge >= 0.3 is 11.7 Å². The van der Waals surface area contributed by atoms with Gasteiger partial charge in [-0.05, 0) is 26.0 Å². The van der Waals surface area contributed by atoms with Gasteiger partial charge < -0.3 is 10.4 Å². The Hall–Kier alpha value is -1.82. The highest BCUT2D eigenvalue weighted by Gasteiger charge is 2.30. The summed E-state index contributed by atoms with van der Waals surface area (Å²) >= 11 is 5.70. The number of carboxylic acid groups (broad SMARTS) is 1. The second kappa shape index (κ2) is 4.58. The van der Waals surface area contributed by atoms with Gasteiger partial charge in [-0.1, -0.05) is 17.7 Å². The number of para-hydroxylation sites is 1. The zero-order valence-corrected chi connectivity index (χ0v) is 9.99. The van der Waals surface area contributed by atoms with Gasteiger partial charge in [-0.3, -0.25) is 10.1 Å². The van der Waals surface area contributed by atoms with Gasteiger partial charge in [0.2, 0.25) is 0 Å². The summed E-state index contributed by atoms with van der Waals surface area (Å²) in [5.41, 5.74) is -1.58. The molecule has 0 amide bonds. The number of hydrogen-bond donors (Lipinski definition) is 2. The minimum Gasteiger partial charge on any atom is -0.480 e. The summed E-state index contributed by atoms with van der Waals surface area (Å²) in [6.45, 7) is 2.81. The zero-order chi connectivity index (χ0) is 13.2. The van der Waals surface area contributed by atoms with Crippen LogP contribution in [0.4, 0.5) is 11.4 Å². The van der Waals surface area contributed by atoms with Crippen LogP contribution in [0, 0.1) is 10.1 Å². The number of nitro groups is 1. The van der Waals surface area contributed by atoms with Crippen molar-refractivity contribution in [3.8, 4) is 0 Å². The van der Waals surface area contributed by atoms with Gasteiger partial charge in [0.05, 0.1) is 4.92 Å². The summed E-state index contributed by atoms with van der Waals surface area (Å²) in [6.07, 6.45) is 0. The third-order valence-corrected chi connectivity index (χ3v) is 2.46. The molecule has 0 atom stereocenters. The minimum absolute atomic E-state index is 0.0406. The fraction of sp³-hybridized carbons (Fsp3) is 0.300. The number of nitrogens with zero attached hydrogens (tertiary/aromatic N) is 1. The van der Waals surface area contributed by atoms with Crippen LogP contribution >= 0.6 is 11.6 Å². The summed E-state index contributed by atoms with van der Waals surface area (Å²) in [7, 11) is 0. The van der Waals surface area contributed by atoms with Crippen molar-refractivity contribution in [3.63, 3.8) is 0 Å². The number of aliphatic carboxylic acids is 1. The highest BCUT2D eigenvalue weighted by molar-refractivity contribution is 6.33. The van der Waals surface area contributed by atoms with Gasteiger partial charge in [0.25, 0.3) is 0 Å². The maximum absolute atomic E-state index is 10.9. The maximum atomic E-state index is 10.9. The lowest BCUT2D eigenvalue weighted by Gasteiger charge is -2.22. The van der Waals surface area contributed by atoms with Crippen LogP contribution in [0.3, 0.4) is 0 Å². The molecule has 92 valence electrons. The van der Waals surface area contributed by atoms with E-state index in [-0.39, 0.29) is 16.4 Å². The zero-order valence-electron chi connectivity index (χ0n) is 9.23. The molecule has 0 heterocycles. The second-order valence-electron chi connectivity index (χ2n) is 3.95. The van der Waals surface area contributed by atoms with E-state index in [1.54, 1.807) is 0 Å². The minimum atomic E-state index is -1.32. The molecule has 1 aromatic rings. The number of carbonyl (C=O) groups is 1. The molecule has 6 nitrogen and oxygen atoms in total. The largest absolute Gasteiger partial charge is 0.480 e. The fourth-order valence-corrected chi connectivity index (χ4v) is 1.44. The van der Waals surface area contributed by atoms with Gasteiger partial charge in [-0.2, -0.15) is 0 Å². The molecule has 2 N–H and O–H groups in total. The van der Waals surface area contributed by atoms with Gasteiger partial charge in [-0.25, -0.2) is 4.79 Å². The topological polar surface area (TPSA) is 92.5 Å². The van der Waals surface area contributed by atoms with Crippen molar-refractivity contribution >= 4 is 28.9 Å². The Kier molecular flexibility index (Phi) is 3.57. The molecule has 0 aliphatic carbocycles. The number of benzene rings is 1. The van der Waals surface area contributed by atoms with Crippen molar-refractivity contribution in [1.29, 1.82) is 0 Å². The Morgan fingerprint density at radius 3 is 2.59 bits per heavy atom. The summed E-state index contributed by atoms with van der Waals surface area (Å²) < 4.78 is 0. The normalized spacial score (nSPS) is 11.0. The molecule has 0 saturated carbocycles. The van der Waals surface area contributed by atoms with Crippen molar-refractivity contribution in [3.05, 3.63) is 33.3 Å². The van der Waals surface area contributed by atoms with Crippen molar-refractivity contribution in [1.82, 2.24) is 0 Å². The van der Waals surface area contributed by atoms with E-state index in [9.17, 15) is 14.9 Å². The van der Waals surface area contributed by atoms with Crippen LogP contribution in [0.1, 0.15) is 13.8 Å². The standard InChI is InChI=1S/C10H11ClN2O4/c1-10(2,9(14)15)12-7-5-3-4-6(11)8(7)13(16)17/h3-5,12H,1-2H3,(H,14,15). The van der Waals surface area contributed by atoms with Gasteiger partial charge in [0, 0.05) is 0 Å². The number of hydrogen-bond acceptors (Lipinski definition) is 4. The van der Waals surface area contributed by atoms with E-state index in [0.29, 0.717) is 0 Å². The van der Waals surface area contributed by atoms with Crippen LogP contribution in [0.15, 0.2) is 18.2 Å². The monoisotopic (exact) mass is 258 g/mol. The second-order valence-corrected chi connectivity index (χ2v) is 4.36. The summed E-state index contributed by atoms with van der Waals surface area (Å²) in [6, 6.07) is 4.29. The van der Waals surface area contributed by atoms with Crippen molar-refractivity contribution < 1.29 is 14.8 Å². The Balaban J connectivity index is 3.20. The van der Waals surface area contributed by atoms with E-state index in [4.69, 9.17) is 16.7 Å². The summed E-state index contributed by atoms with van der Waals surface area (Å²) in [4.78, 5) is 21.1. The average molecular weight is 259 g/mol. The highest BCUT2D eigenvalue weighted by Crippen LogP contribution is 2.33. The van der Waals surface area contributed by atoms with Crippen LogP contribution in [0.2, 0.25) is 5.02 Å². The lowest BCUT2D eigenvalue weighted by Crippen LogP contribution is -2.40. The van der Waals surface area contributed by atoms with Crippen molar-refractivity contribution in [2.45, 2.75) is 19.4 Å². The lowest BCUT2D eigenvalue weighted by molar-refractivity contribution is -0.383. The van der Waals surface area contributed by atoms with Crippen LogP contribution < -0.4 is 5.32 Å². The van der Waals surface area contributed by atoms with E-state index in [1.165, 1.54) is 32.0 Å². The lowest BCUT2D eigenvalue weighted by atomic mass is 10.1. The molecule has 0 aromatic heterocycles. The number of halogens is 1. The third-order valence-electron chi connectivity index (χ3n) is 2.15. The number of nitrogens with one attached hydrogen (secondary N) is 1. The number of rotatable bonds is 4. The molecule has 0 radical (unpaired) electrons. The highest BCUT2D eigenvalue weighted by atomic mass is 35.5. The Bertz CT molecular complexity index is 473. The Morgan fingerprint density at radius 2 is 2.12 bits per heavy atom. The van der Waals surface area contributed by atoms with Gasteiger partial charge in [0.15, 0.2) is 0 Å². The molecule has 0 aliphatic rings. The molecule has 0 aliphatic heterocycles. The predicted octanol–water partition coefficient (Wildman–Crippen LogP) is 2.52. The number of carboxylic acids is 1. The first-order valence-corrected chi connectivity index (χ1v) is 5.08. The van der Waals surface area contributed by atoms with E-state index in [2.05, 4.69) is 5.32 Å². The molecule has 17 heavy (non-hydrogen) atoms. The van der Waals surface area contributed by atoms with Crippen LogP contribution in [-0.4, -0.2) is 21.5 Å². The molecular weight excluding hydrogens is 248 g/mol. The van der Waals surface area contributed by atoms with E-state index in [0.717, 1.165) is 0 Å². The smallest absolute Gasteiger partial charge is 0.328 e. The first-order chi connectivity index (χ1) is 7.75. The SMILES string of the molecule is CC(C)(Nc1cccc(Cl)c1[N+](=O)[O-])C(=O)O. The molecule has 7 heteroatoms. The van der Waals surface area contributed by atoms with Crippen LogP contribution in [0.25, 0.3) is 0 Å². The molecule has 0 fully saturated rings. The van der Waals surface area contributed by atoms with Gasteiger partial charge in [0.1, 0.15) is 16.2 Å². The quantitative estimate of drug-likeness (QED) is 0.639. The van der Waals surface area contributed by atoms with Crippen molar-refractivity contribution in [2.24, 2.45) is 0 Å². The molecule has 1 aromatic carbocycles.